The molecule has 5 rings (SSSR count). The number of carbonyl (C=O) groups is 2. The van der Waals surface area contributed by atoms with E-state index in [1.165, 1.54) is 0 Å². The molecule has 1 aromatic carbocycles. The van der Waals surface area contributed by atoms with Gasteiger partial charge in [-0.2, -0.15) is 0 Å². The van der Waals surface area contributed by atoms with E-state index >= 15 is 0 Å². The molecule has 0 saturated carbocycles. The molecule has 1 aromatic rings. The summed E-state index contributed by atoms with van der Waals surface area (Å²) in [4.78, 5) is 33.9. The molecule has 0 spiro atoms. The summed E-state index contributed by atoms with van der Waals surface area (Å²) < 4.78 is 0. The number of hydrogen-bond acceptors (Lipinski definition) is 5. The van der Waals surface area contributed by atoms with Crippen LogP contribution < -0.4 is 10.2 Å². The minimum Gasteiger partial charge on any atom is -0.357 e. The first-order valence-corrected chi connectivity index (χ1v) is 12.8. The van der Waals surface area contributed by atoms with Gasteiger partial charge in [0.15, 0.2) is 5.78 Å². The third-order valence-corrected chi connectivity index (χ3v) is 7.97. The number of Topliss-reactive ketones (excluding diaryl/α,β-unsaturated/α-hetero) is 1. The van der Waals surface area contributed by atoms with Crippen molar-refractivity contribution in [2.24, 2.45) is 11.3 Å². The number of para-hydroxylation sites is 2. The van der Waals surface area contributed by atoms with Crippen molar-refractivity contribution < 1.29 is 9.59 Å². The molecule has 6 heteroatoms. The molecule has 2 aliphatic carbocycles. The number of carbonyl (C=O) groups excluding carboxylic acids is 2. The van der Waals surface area contributed by atoms with Crippen molar-refractivity contribution in [3.63, 3.8) is 0 Å². The van der Waals surface area contributed by atoms with Gasteiger partial charge in [-0.3, -0.25) is 9.59 Å². The molecule has 2 aliphatic heterocycles. The topological polar surface area (TPSA) is 55.9 Å². The van der Waals surface area contributed by atoms with E-state index in [1.807, 2.05) is 17.0 Å². The van der Waals surface area contributed by atoms with Gasteiger partial charge in [-0.25, -0.2) is 0 Å². The summed E-state index contributed by atoms with van der Waals surface area (Å²) in [5.74, 6) is 0.712. The van der Waals surface area contributed by atoms with Crippen LogP contribution in [0, 0.1) is 11.3 Å². The summed E-state index contributed by atoms with van der Waals surface area (Å²) in [6.45, 7) is 8.01. The van der Waals surface area contributed by atoms with Crippen LogP contribution in [0.25, 0.3) is 0 Å². The maximum Gasteiger partial charge on any atom is 0.242 e. The largest absolute Gasteiger partial charge is 0.357 e. The number of rotatable bonds is 3. The molecular weight excluding hydrogens is 424 g/mol. The van der Waals surface area contributed by atoms with Gasteiger partial charge >= 0.3 is 0 Å². The fourth-order valence-electron chi connectivity index (χ4n) is 6.17. The number of nitrogens with one attached hydrogen (secondary N) is 1. The number of ketones is 1. The second kappa shape index (κ2) is 9.21. The standard InChI is InChI=1S/C28H38N4O2/c1-28(2)17-22-26(24(33)18-28)27(20-9-5-4-6-10-20)32(23-12-8-7-11-21(23)29-22)19-25(34)31-15-13-30(3)14-16-31/h4-5,7-8,11-12,20,27,29H,6,9-10,13-19H2,1-3H3. The summed E-state index contributed by atoms with van der Waals surface area (Å²) in [5.41, 5.74) is 3.94. The number of amides is 1. The van der Waals surface area contributed by atoms with Crippen LogP contribution in [0.5, 0.6) is 0 Å². The first-order chi connectivity index (χ1) is 16.3. The van der Waals surface area contributed by atoms with Gasteiger partial charge < -0.3 is 20.0 Å². The average Bonchev–Trinajstić information content (AvgIpc) is 2.94. The van der Waals surface area contributed by atoms with Crippen molar-refractivity contribution in [1.82, 2.24) is 9.80 Å². The Hall–Kier alpha value is -2.60. The lowest BCUT2D eigenvalue weighted by Crippen LogP contribution is -2.53. The van der Waals surface area contributed by atoms with Gasteiger partial charge in [-0.15, -0.1) is 0 Å². The molecule has 1 fully saturated rings. The zero-order valence-electron chi connectivity index (χ0n) is 20.8. The Balaban J connectivity index is 1.58. The Morgan fingerprint density at radius 2 is 1.85 bits per heavy atom. The van der Waals surface area contributed by atoms with Crippen LogP contribution >= 0.6 is 0 Å². The molecule has 0 bridgehead atoms. The van der Waals surface area contributed by atoms with E-state index < -0.39 is 0 Å². The van der Waals surface area contributed by atoms with Gasteiger partial charge in [-0.05, 0) is 56.2 Å². The van der Waals surface area contributed by atoms with Crippen LogP contribution in [0.1, 0.15) is 46.0 Å². The summed E-state index contributed by atoms with van der Waals surface area (Å²) in [6, 6.07) is 8.19. The van der Waals surface area contributed by atoms with E-state index in [0.29, 0.717) is 18.9 Å². The second-order valence-electron chi connectivity index (χ2n) is 11.3. The van der Waals surface area contributed by atoms with Crippen molar-refractivity contribution in [2.75, 3.05) is 50.0 Å². The number of likely N-dealkylation sites (N-methyl/N-ethyl adjacent to an activating group) is 1. The Labute approximate surface area is 203 Å². The highest BCUT2D eigenvalue weighted by atomic mass is 16.2. The molecule has 1 saturated heterocycles. The molecule has 6 nitrogen and oxygen atoms in total. The van der Waals surface area contributed by atoms with Crippen LogP contribution in [-0.2, 0) is 9.59 Å². The van der Waals surface area contributed by atoms with Crippen LogP contribution in [0.3, 0.4) is 0 Å². The number of nitrogens with zero attached hydrogens (tertiary/aromatic N) is 3. The number of allylic oxidation sites excluding steroid dienone is 3. The van der Waals surface area contributed by atoms with Gasteiger partial charge in [0.1, 0.15) is 0 Å². The predicted molar refractivity (Wildman–Crippen MR) is 137 cm³/mol. The lowest BCUT2D eigenvalue weighted by atomic mass is 9.71. The lowest BCUT2D eigenvalue weighted by molar-refractivity contribution is -0.131. The normalized spacial score (nSPS) is 27.1. The highest BCUT2D eigenvalue weighted by molar-refractivity contribution is 6.01. The van der Waals surface area contributed by atoms with Crippen molar-refractivity contribution in [2.45, 2.75) is 52.0 Å². The predicted octanol–water partition coefficient (Wildman–Crippen LogP) is 4.06. The van der Waals surface area contributed by atoms with E-state index in [0.717, 1.165) is 74.5 Å². The lowest BCUT2D eigenvalue weighted by Gasteiger charge is -2.42. The van der Waals surface area contributed by atoms with Crippen molar-refractivity contribution in [3.8, 4) is 0 Å². The number of fused-ring (bicyclic) bond motifs is 1. The van der Waals surface area contributed by atoms with Crippen LogP contribution in [-0.4, -0.2) is 67.3 Å². The van der Waals surface area contributed by atoms with Crippen LogP contribution in [0.4, 0.5) is 11.4 Å². The smallest absolute Gasteiger partial charge is 0.242 e. The number of benzene rings is 1. The number of anilines is 2. The number of piperazine rings is 1. The minimum atomic E-state index is -0.0869. The van der Waals surface area contributed by atoms with Gasteiger partial charge in [-0.1, -0.05) is 38.1 Å². The SMILES string of the molecule is CN1CCN(C(=O)CN2c3ccccc3NC3=C(C(=O)CC(C)(C)C3)C2C2CC=CCC2)CC1. The van der Waals surface area contributed by atoms with Gasteiger partial charge in [0.05, 0.1) is 24.0 Å². The van der Waals surface area contributed by atoms with Crippen molar-refractivity contribution in [1.29, 1.82) is 0 Å². The third kappa shape index (κ3) is 4.52. The molecule has 0 radical (unpaired) electrons. The van der Waals surface area contributed by atoms with Crippen LogP contribution in [0.2, 0.25) is 0 Å². The molecule has 34 heavy (non-hydrogen) atoms. The molecule has 0 aromatic heterocycles. The van der Waals surface area contributed by atoms with E-state index in [9.17, 15) is 9.59 Å². The number of hydrogen-bond donors (Lipinski definition) is 1. The molecule has 2 atom stereocenters. The first-order valence-electron chi connectivity index (χ1n) is 12.8. The molecule has 182 valence electrons. The molecular formula is C28H38N4O2. The zero-order chi connectivity index (χ0) is 23.9. The molecule has 1 N–H and O–H groups in total. The molecule has 4 aliphatic rings. The van der Waals surface area contributed by atoms with Gasteiger partial charge in [0.2, 0.25) is 5.91 Å². The van der Waals surface area contributed by atoms with Crippen LogP contribution in [0.15, 0.2) is 47.7 Å². The Bertz CT molecular complexity index is 1020. The minimum absolute atomic E-state index is 0.0697. The quantitative estimate of drug-likeness (QED) is 0.687. The fourth-order valence-corrected chi connectivity index (χ4v) is 6.17. The maximum atomic E-state index is 13.7. The molecule has 2 heterocycles. The van der Waals surface area contributed by atoms with E-state index in [2.05, 4.69) is 60.3 Å². The summed E-state index contributed by atoms with van der Waals surface area (Å²) in [6.07, 6.45) is 8.93. The summed E-state index contributed by atoms with van der Waals surface area (Å²) >= 11 is 0. The van der Waals surface area contributed by atoms with E-state index in [4.69, 9.17) is 0 Å². The Morgan fingerprint density at radius 1 is 1.09 bits per heavy atom. The third-order valence-electron chi connectivity index (χ3n) is 7.97. The van der Waals surface area contributed by atoms with Crippen molar-refractivity contribution in [3.05, 3.63) is 47.7 Å². The van der Waals surface area contributed by atoms with E-state index in [-0.39, 0.29) is 23.1 Å². The Morgan fingerprint density at radius 3 is 2.59 bits per heavy atom. The second-order valence-corrected chi connectivity index (χ2v) is 11.3. The maximum absolute atomic E-state index is 13.7. The molecule has 2 unspecified atom stereocenters. The Kier molecular flexibility index (Phi) is 6.28. The first kappa shape index (κ1) is 23.2. The highest BCUT2D eigenvalue weighted by Crippen LogP contribution is 2.46. The highest BCUT2D eigenvalue weighted by Gasteiger charge is 2.44. The average molecular weight is 463 g/mol. The van der Waals surface area contributed by atoms with E-state index in [1.54, 1.807) is 0 Å². The van der Waals surface area contributed by atoms with Gasteiger partial charge in [0, 0.05) is 43.9 Å². The molecule has 1 amide bonds. The summed E-state index contributed by atoms with van der Waals surface area (Å²) in [7, 11) is 2.11. The van der Waals surface area contributed by atoms with Crippen molar-refractivity contribution >= 4 is 23.1 Å². The zero-order valence-corrected chi connectivity index (χ0v) is 20.8. The van der Waals surface area contributed by atoms with Gasteiger partial charge in [0.25, 0.3) is 0 Å². The summed E-state index contributed by atoms with van der Waals surface area (Å²) in [5, 5.41) is 3.67. The monoisotopic (exact) mass is 462 g/mol. The fraction of sp³-hybridized carbons (Fsp3) is 0.571.